The molecule has 0 aliphatic heterocycles. The Balaban J connectivity index is 3.48. The van der Waals surface area contributed by atoms with E-state index >= 15 is 0 Å². The van der Waals surface area contributed by atoms with Crippen molar-refractivity contribution in [2.75, 3.05) is 6.61 Å². The van der Waals surface area contributed by atoms with E-state index in [1.807, 2.05) is 4.98 Å². The van der Waals surface area contributed by atoms with Gasteiger partial charge in [-0.05, 0) is 6.92 Å². The second-order valence-electron chi connectivity index (χ2n) is 2.96. The summed E-state index contributed by atoms with van der Waals surface area (Å²) in [6.07, 6.45) is -2.25. The Morgan fingerprint density at radius 2 is 2.29 bits per heavy atom. The Labute approximate surface area is 94.6 Å². The number of carbonyl (C=O) groups excluding carboxylic acids is 1. The zero-order valence-electron chi connectivity index (χ0n) is 8.79. The molecule has 17 heavy (non-hydrogen) atoms. The highest BCUT2D eigenvalue weighted by Gasteiger charge is 2.24. The van der Waals surface area contributed by atoms with Crippen LogP contribution in [0.5, 0.6) is 0 Å². The lowest BCUT2D eigenvalue weighted by atomic mass is 10.1. The molecule has 0 bridgehead atoms. The molecule has 0 saturated heterocycles. The minimum Gasteiger partial charge on any atom is -0.462 e. The van der Waals surface area contributed by atoms with E-state index in [0.29, 0.717) is 6.20 Å². The van der Waals surface area contributed by atoms with Crippen LogP contribution < -0.4 is 5.56 Å². The van der Waals surface area contributed by atoms with Crippen LogP contribution in [0.2, 0.25) is 0 Å². The fraction of sp³-hybridized carbons (Fsp3) is 0.300. The van der Waals surface area contributed by atoms with E-state index < -0.39 is 34.6 Å². The van der Waals surface area contributed by atoms with Crippen LogP contribution in [0.25, 0.3) is 0 Å². The second-order valence-corrected chi connectivity index (χ2v) is 2.96. The van der Waals surface area contributed by atoms with Crippen molar-refractivity contribution in [3.05, 3.63) is 33.2 Å². The van der Waals surface area contributed by atoms with Crippen LogP contribution in [-0.2, 0) is 4.74 Å². The number of halogens is 2. The first-order valence-corrected chi connectivity index (χ1v) is 4.63. The molecule has 0 aromatic carbocycles. The summed E-state index contributed by atoms with van der Waals surface area (Å²) in [4.78, 5) is 24.7. The third kappa shape index (κ3) is 2.47. The van der Waals surface area contributed by atoms with Crippen LogP contribution in [0.4, 0.5) is 8.78 Å². The molecule has 0 amide bonds. The van der Waals surface area contributed by atoms with Crippen LogP contribution in [0.3, 0.4) is 0 Å². The van der Waals surface area contributed by atoms with Gasteiger partial charge >= 0.3 is 5.97 Å². The first kappa shape index (κ1) is 12.8. The minimum atomic E-state index is -2.96. The van der Waals surface area contributed by atoms with Crippen molar-refractivity contribution in [3.63, 3.8) is 0 Å². The summed E-state index contributed by atoms with van der Waals surface area (Å²) in [7, 11) is 0. The molecule has 0 radical (unpaired) electrons. The topological polar surface area (TPSA) is 82.9 Å². The van der Waals surface area contributed by atoms with Gasteiger partial charge in [-0.2, -0.15) is 5.26 Å². The summed E-state index contributed by atoms with van der Waals surface area (Å²) in [5.74, 6) is -1.09. The molecular formula is C10H8F2N2O3. The van der Waals surface area contributed by atoms with Gasteiger partial charge in [-0.15, -0.1) is 0 Å². The SMILES string of the molecule is CCOC(=O)c1c(C#N)c(C(F)F)c[nH]c1=O. The number of nitrogens with one attached hydrogen (secondary N) is 1. The van der Waals surface area contributed by atoms with Crippen molar-refractivity contribution < 1.29 is 18.3 Å². The van der Waals surface area contributed by atoms with Crippen molar-refractivity contribution in [2.45, 2.75) is 13.3 Å². The van der Waals surface area contributed by atoms with E-state index in [4.69, 9.17) is 5.26 Å². The molecule has 1 heterocycles. The maximum absolute atomic E-state index is 12.6. The fourth-order valence-corrected chi connectivity index (χ4v) is 1.24. The molecule has 0 saturated carbocycles. The Bertz CT molecular complexity index is 531. The first-order valence-electron chi connectivity index (χ1n) is 4.63. The largest absolute Gasteiger partial charge is 0.462 e. The third-order valence-corrected chi connectivity index (χ3v) is 1.95. The molecule has 0 spiro atoms. The lowest BCUT2D eigenvalue weighted by Gasteiger charge is -2.06. The van der Waals surface area contributed by atoms with Gasteiger partial charge in [0.15, 0.2) is 0 Å². The van der Waals surface area contributed by atoms with Gasteiger partial charge in [0.1, 0.15) is 11.6 Å². The second kappa shape index (κ2) is 5.21. The van der Waals surface area contributed by atoms with Gasteiger partial charge in [-0.25, -0.2) is 13.6 Å². The van der Waals surface area contributed by atoms with Gasteiger partial charge in [0.2, 0.25) is 0 Å². The number of ether oxygens (including phenoxy) is 1. The lowest BCUT2D eigenvalue weighted by molar-refractivity contribution is 0.0523. The van der Waals surface area contributed by atoms with E-state index in [-0.39, 0.29) is 6.61 Å². The van der Waals surface area contributed by atoms with E-state index in [9.17, 15) is 18.4 Å². The number of H-pyrrole nitrogens is 1. The van der Waals surface area contributed by atoms with Crippen LogP contribution in [0.1, 0.15) is 34.8 Å². The summed E-state index contributed by atoms with van der Waals surface area (Å²) in [6.45, 7) is 1.47. The molecule has 0 unspecified atom stereocenters. The number of alkyl halides is 2. The number of aromatic amines is 1. The smallest absolute Gasteiger partial charge is 0.345 e. The highest BCUT2D eigenvalue weighted by atomic mass is 19.3. The van der Waals surface area contributed by atoms with Gasteiger partial charge < -0.3 is 9.72 Å². The molecule has 0 fully saturated rings. The summed E-state index contributed by atoms with van der Waals surface area (Å²) in [6, 6.07) is 1.42. The van der Waals surface area contributed by atoms with Crippen LogP contribution >= 0.6 is 0 Å². The van der Waals surface area contributed by atoms with Crippen molar-refractivity contribution in [1.29, 1.82) is 5.26 Å². The quantitative estimate of drug-likeness (QED) is 0.811. The van der Waals surface area contributed by atoms with E-state index in [1.54, 1.807) is 0 Å². The molecule has 1 rings (SSSR count). The monoisotopic (exact) mass is 242 g/mol. The highest BCUT2D eigenvalue weighted by molar-refractivity contribution is 5.92. The number of esters is 1. The molecule has 1 aromatic rings. The van der Waals surface area contributed by atoms with Crippen LogP contribution in [-0.4, -0.2) is 17.6 Å². The van der Waals surface area contributed by atoms with E-state index in [1.165, 1.54) is 13.0 Å². The maximum Gasteiger partial charge on any atom is 0.345 e. The Morgan fingerprint density at radius 1 is 1.65 bits per heavy atom. The summed E-state index contributed by atoms with van der Waals surface area (Å²) >= 11 is 0. The third-order valence-electron chi connectivity index (χ3n) is 1.95. The Morgan fingerprint density at radius 3 is 2.76 bits per heavy atom. The summed E-state index contributed by atoms with van der Waals surface area (Å²) < 4.78 is 29.6. The molecule has 7 heteroatoms. The number of aromatic nitrogens is 1. The summed E-state index contributed by atoms with van der Waals surface area (Å²) in [5, 5.41) is 8.75. The minimum absolute atomic E-state index is 0.0257. The lowest BCUT2D eigenvalue weighted by Crippen LogP contribution is -2.23. The number of pyridine rings is 1. The molecular weight excluding hydrogens is 234 g/mol. The van der Waals surface area contributed by atoms with Gasteiger partial charge in [-0.1, -0.05) is 0 Å². The van der Waals surface area contributed by atoms with Gasteiger partial charge in [0, 0.05) is 6.20 Å². The number of hydrogen-bond donors (Lipinski definition) is 1. The van der Waals surface area contributed by atoms with Gasteiger partial charge in [0.05, 0.1) is 17.7 Å². The van der Waals surface area contributed by atoms with E-state index in [2.05, 4.69) is 4.74 Å². The molecule has 0 atom stereocenters. The Hall–Kier alpha value is -2.23. The van der Waals surface area contributed by atoms with Gasteiger partial charge in [-0.3, -0.25) is 4.79 Å². The zero-order chi connectivity index (χ0) is 13.0. The highest BCUT2D eigenvalue weighted by Crippen LogP contribution is 2.22. The van der Waals surface area contributed by atoms with Crippen LogP contribution in [0, 0.1) is 11.3 Å². The Kier molecular flexibility index (Phi) is 3.93. The molecule has 90 valence electrons. The van der Waals surface area contributed by atoms with Gasteiger partial charge in [0.25, 0.3) is 12.0 Å². The first-order chi connectivity index (χ1) is 8.02. The van der Waals surface area contributed by atoms with Crippen molar-refractivity contribution in [2.24, 2.45) is 0 Å². The molecule has 0 aliphatic carbocycles. The number of rotatable bonds is 3. The van der Waals surface area contributed by atoms with Crippen molar-refractivity contribution in [1.82, 2.24) is 4.98 Å². The number of nitrogens with zero attached hydrogens (tertiary/aromatic N) is 1. The summed E-state index contributed by atoms with van der Waals surface area (Å²) in [5.41, 5.74) is -2.96. The zero-order valence-corrected chi connectivity index (χ0v) is 8.79. The maximum atomic E-state index is 12.6. The van der Waals surface area contributed by atoms with Crippen molar-refractivity contribution >= 4 is 5.97 Å². The normalized spacial score (nSPS) is 10.1. The number of carbonyl (C=O) groups is 1. The van der Waals surface area contributed by atoms with Crippen LogP contribution in [0.15, 0.2) is 11.0 Å². The predicted molar refractivity (Wildman–Crippen MR) is 52.7 cm³/mol. The number of hydrogen-bond acceptors (Lipinski definition) is 4. The number of nitriles is 1. The standard InChI is InChI=1S/C10H8F2N2O3/c1-2-17-10(16)7-5(3-13)6(8(11)12)4-14-9(7)15/h4,8H,2H2,1H3,(H,14,15). The molecule has 1 N–H and O–H groups in total. The average molecular weight is 242 g/mol. The van der Waals surface area contributed by atoms with E-state index in [0.717, 1.165) is 0 Å². The fourth-order valence-electron chi connectivity index (χ4n) is 1.24. The molecule has 0 aliphatic rings. The average Bonchev–Trinajstić information content (AvgIpc) is 2.28. The molecule has 5 nitrogen and oxygen atoms in total. The van der Waals surface area contributed by atoms with Crippen molar-refractivity contribution in [3.8, 4) is 6.07 Å². The predicted octanol–water partition coefficient (Wildman–Crippen LogP) is 1.36. The molecule has 1 aromatic heterocycles.